The number of anilines is 1. The molecule has 1 N–H and O–H groups in total. The molecule has 1 heterocycles. The topological polar surface area (TPSA) is 42.0 Å². The lowest BCUT2D eigenvalue weighted by molar-refractivity contribution is 0.102. The first kappa shape index (κ1) is 14.9. The van der Waals surface area contributed by atoms with Crippen LogP contribution < -0.4 is 5.32 Å². The molecule has 0 atom stereocenters. The van der Waals surface area contributed by atoms with E-state index in [0.717, 1.165) is 32.8 Å². The van der Waals surface area contributed by atoms with Crippen LogP contribution in [0, 0.1) is 11.6 Å². The molecule has 3 rings (SSSR count). The van der Waals surface area contributed by atoms with Gasteiger partial charge in [-0.15, -0.1) is 11.3 Å². The Labute approximate surface area is 133 Å². The van der Waals surface area contributed by atoms with E-state index in [9.17, 15) is 13.6 Å². The fourth-order valence-corrected chi connectivity index (χ4v) is 3.49. The van der Waals surface area contributed by atoms with Crippen LogP contribution >= 0.6 is 23.1 Å². The van der Waals surface area contributed by atoms with E-state index in [0.29, 0.717) is 5.69 Å². The molecule has 3 aromatic rings. The normalized spacial score (nSPS) is 10.9. The number of nitrogens with zero attached hydrogens (tertiary/aromatic N) is 1. The molecule has 0 aliphatic rings. The molecule has 0 aliphatic carbocycles. The van der Waals surface area contributed by atoms with Crippen LogP contribution in [0.4, 0.5) is 14.5 Å². The SMILES string of the molecule is CSc1nc2ccc(NC(=O)c3cc(F)cc(F)c3)cc2s1. The second-order valence-electron chi connectivity index (χ2n) is 4.48. The smallest absolute Gasteiger partial charge is 0.255 e. The van der Waals surface area contributed by atoms with Crippen LogP contribution in [0.2, 0.25) is 0 Å². The minimum absolute atomic E-state index is 0.0632. The summed E-state index contributed by atoms with van der Waals surface area (Å²) in [6.45, 7) is 0. The van der Waals surface area contributed by atoms with Crippen molar-refractivity contribution in [1.29, 1.82) is 0 Å². The Bertz CT molecular complexity index is 844. The third kappa shape index (κ3) is 3.10. The molecule has 112 valence electrons. The summed E-state index contributed by atoms with van der Waals surface area (Å²) in [6.07, 6.45) is 1.94. The van der Waals surface area contributed by atoms with Crippen molar-refractivity contribution in [2.45, 2.75) is 4.34 Å². The van der Waals surface area contributed by atoms with Crippen molar-refractivity contribution in [2.75, 3.05) is 11.6 Å². The monoisotopic (exact) mass is 336 g/mol. The van der Waals surface area contributed by atoms with Crippen LogP contribution in [0.25, 0.3) is 10.2 Å². The Hall–Kier alpha value is -1.99. The highest BCUT2D eigenvalue weighted by atomic mass is 32.2. The van der Waals surface area contributed by atoms with Gasteiger partial charge in [0, 0.05) is 17.3 Å². The van der Waals surface area contributed by atoms with Crippen molar-refractivity contribution in [1.82, 2.24) is 4.98 Å². The zero-order chi connectivity index (χ0) is 15.7. The van der Waals surface area contributed by atoms with E-state index >= 15 is 0 Å². The molecule has 0 fully saturated rings. The van der Waals surface area contributed by atoms with Crippen LogP contribution in [0.5, 0.6) is 0 Å². The van der Waals surface area contributed by atoms with Crippen molar-refractivity contribution in [3.05, 3.63) is 53.6 Å². The average Bonchev–Trinajstić information content (AvgIpc) is 2.88. The average molecular weight is 336 g/mol. The number of fused-ring (bicyclic) bond motifs is 1. The summed E-state index contributed by atoms with van der Waals surface area (Å²) in [5, 5.41) is 2.63. The van der Waals surface area contributed by atoms with Gasteiger partial charge in [-0.25, -0.2) is 13.8 Å². The molecule has 0 saturated carbocycles. The van der Waals surface area contributed by atoms with Crippen LogP contribution in [0.3, 0.4) is 0 Å². The summed E-state index contributed by atoms with van der Waals surface area (Å²) in [5.74, 6) is -2.13. The van der Waals surface area contributed by atoms with Gasteiger partial charge in [0.1, 0.15) is 11.6 Å². The Balaban J connectivity index is 1.87. The van der Waals surface area contributed by atoms with Gasteiger partial charge in [0.15, 0.2) is 4.34 Å². The number of carbonyl (C=O) groups is 1. The Morgan fingerprint density at radius 2 is 1.91 bits per heavy atom. The van der Waals surface area contributed by atoms with E-state index < -0.39 is 17.5 Å². The van der Waals surface area contributed by atoms with Crippen LogP contribution in [0.15, 0.2) is 40.7 Å². The predicted octanol–water partition coefficient (Wildman–Crippen LogP) is 4.55. The van der Waals surface area contributed by atoms with E-state index in [2.05, 4.69) is 10.3 Å². The second-order valence-corrected chi connectivity index (χ2v) is 6.56. The number of aromatic nitrogens is 1. The fourth-order valence-electron chi connectivity index (χ4n) is 1.96. The third-order valence-electron chi connectivity index (χ3n) is 2.93. The van der Waals surface area contributed by atoms with Crippen molar-refractivity contribution < 1.29 is 13.6 Å². The highest BCUT2D eigenvalue weighted by Gasteiger charge is 2.11. The molecule has 3 nitrogen and oxygen atoms in total. The molecule has 1 amide bonds. The maximum Gasteiger partial charge on any atom is 0.255 e. The lowest BCUT2D eigenvalue weighted by Gasteiger charge is -2.05. The lowest BCUT2D eigenvalue weighted by atomic mass is 10.2. The van der Waals surface area contributed by atoms with Crippen molar-refractivity contribution in [2.24, 2.45) is 0 Å². The minimum atomic E-state index is -0.785. The number of benzene rings is 2. The molecule has 0 spiro atoms. The van der Waals surface area contributed by atoms with Crippen molar-refractivity contribution >= 4 is 44.9 Å². The molecule has 0 radical (unpaired) electrons. The number of rotatable bonds is 3. The first-order chi connectivity index (χ1) is 10.5. The number of halogens is 2. The van der Waals surface area contributed by atoms with Crippen LogP contribution in [-0.2, 0) is 0 Å². The van der Waals surface area contributed by atoms with Crippen LogP contribution in [-0.4, -0.2) is 17.1 Å². The summed E-state index contributed by atoms with van der Waals surface area (Å²) in [5.41, 5.74) is 1.34. The third-order valence-corrected chi connectivity index (χ3v) is 4.93. The van der Waals surface area contributed by atoms with Gasteiger partial charge in [-0.05, 0) is 36.6 Å². The van der Waals surface area contributed by atoms with Crippen LogP contribution in [0.1, 0.15) is 10.4 Å². The van der Waals surface area contributed by atoms with Crippen molar-refractivity contribution in [3.63, 3.8) is 0 Å². The van der Waals surface area contributed by atoms with E-state index in [1.165, 1.54) is 11.3 Å². The zero-order valence-corrected chi connectivity index (χ0v) is 13.0. The van der Waals surface area contributed by atoms with Gasteiger partial charge in [-0.3, -0.25) is 4.79 Å². The molecule has 1 aromatic heterocycles. The molecular formula is C15H10F2N2OS2. The first-order valence-electron chi connectivity index (χ1n) is 6.27. The maximum absolute atomic E-state index is 13.1. The predicted molar refractivity (Wildman–Crippen MR) is 85.7 cm³/mol. The largest absolute Gasteiger partial charge is 0.322 e. The quantitative estimate of drug-likeness (QED) is 0.714. The molecule has 22 heavy (non-hydrogen) atoms. The molecule has 0 unspecified atom stereocenters. The number of hydrogen-bond acceptors (Lipinski definition) is 4. The van der Waals surface area contributed by atoms with Gasteiger partial charge in [0.2, 0.25) is 0 Å². The Morgan fingerprint density at radius 1 is 1.18 bits per heavy atom. The van der Waals surface area contributed by atoms with E-state index in [4.69, 9.17) is 0 Å². The fraction of sp³-hybridized carbons (Fsp3) is 0.0667. The van der Waals surface area contributed by atoms with Gasteiger partial charge in [0.25, 0.3) is 5.91 Å². The maximum atomic E-state index is 13.1. The molecule has 2 aromatic carbocycles. The molecule has 0 bridgehead atoms. The van der Waals surface area contributed by atoms with Crippen molar-refractivity contribution in [3.8, 4) is 0 Å². The number of nitrogens with one attached hydrogen (secondary N) is 1. The van der Waals surface area contributed by atoms with Gasteiger partial charge < -0.3 is 5.32 Å². The summed E-state index contributed by atoms with van der Waals surface area (Å²) < 4.78 is 28.2. The van der Waals surface area contributed by atoms with Gasteiger partial charge in [-0.1, -0.05) is 11.8 Å². The van der Waals surface area contributed by atoms with E-state index in [-0.39, 0.29) is 5.56 Å². The summed E-state index contributed by atoms with van der Waals surface area (Å²) in [7, 11) is 0. The molecule has 0 saturated heterocycles. The number of hydrogen-bond donors (Lipinski definition) is 1. The summed E-state index contributed by atoms with van der Waals surface area (Å²) >= 11 is 3.07. The van der Waals surface area contributed by atoms with Gasteiger partial charge in [-0.2, -0.15) is 0 Å². The van der Waals surface area contributed by atoms with E-state index in [1.54, 1.807) is 30.0 Å². The minimum Gasteiger partial charge on any atom is -0.322 e. The van der Waals surface area contributed by atoms with Gasteiger partial charge in [0.05, 0.1) is 10.2 Å². The Morgan fingerprint density at radius 3 is 2.59 bits per heavy atom. The Kier molecular flexibility index (Phi) is 4.08. The molecule has 0 aliphatic heterocycles. The number of thiazole rings is 1. The highest BCUT2D eigenvalue weighted by molar-refractivity contribution is 8.00. The summed E-state index contributed by atoms with van der Waals surface area (Å²) in [4.78, 5) is 16.5. The number of thioether (sulfide) groups is 1. The number of amides is 1. The van der Waals surface area contributed by atoms with Gasteiger partial charge >= 0.3 is 0 Å². The molecule has 7 heteroatoms. The lowest BCUT2D eigenvalue weighted by Crippen LogP contribution is -2.12. The summed E-state index contributed by atoms with van der Waals surface area (Å²) in [6, 6.07) is 8.02. The standard InChI is InChI=1S/C15H10F2N2OS2/c1-21-15-19-12-3-2-11(7-13(12)22-15)18-14(20)8-4-9(16)6-10(17)5-8/h2-7H,1H3,(H,18,20). The molecular weight excluding hydrogens is 326 g/mol. The highest BCUT2D eigenvalue weighted by Crippen LogP contribution is 2.30. The zero-order valence-electron chi connectivity index (χ0n) is 11.4. The van der Waals surface area contributed by atoms with E-state index in [1.807, 2.05) is 6.26 Å². The first-order valence-corrected chi connectivity index (χ1v) is 8.31. The number of carbonyl (C=O) groups excluding carboxylic acids is 1. The second kappa shape index (κ2) is 6.02.